The summed E-state index contributed by atoms with van der Waals surface area (Å²) in [6.07, 6.45) is -0.255. The number of non-ortho nitro benzene ring substituents is 1. The van der Waals surface area contributed by atoms with Crippen LogP contribution in [0.3, 0.4) is 0 Å². The van der Waals surface area contributed by atoms with Crippen LogP contribution in [0.2, 0.25) is 0 Å². The Morgan fingerprint density at radius 2 is 2.04 bits per heavy atom. The molecule has 2 aromatic carbocycles. The van der Waals surface area contributed by atoms with Gasteiger partial charge in [0.05, 0.1) is 29.3 Å². The van der Waals surface area contributed by atoms with Gasteiger partial charge in [0, 0.05) is 19.2 Å². The molecular formula is C19H20N2O6. The van der Waals surface area contributed by atoms with Gasteiger partial charge in [-0.25, -0.2) is 4.79 Å². The summed E-state index contributed by atoms with van der Waals surface area (Å²) >= 11 is 0. The molecule has 0 spiro atoms. The van der Waals surface area contributed by atoms with E-state index in [0.717, 1.165) is 0 Å². The molecule has 142 valence electrons. The molecule has 0 radical (unpaired) electrons. The smallest absolute Gasteiger partial charge is 0.340 e. The van der Waals surface area contributed by atoms with Crippen LogP contribution in [-0.4, -0.2) is 43.8 Å². The lowest BCUT2D eigenvalue weighted by atomic mass is 10.1. The molecule has 8 heteroatoms. The van der Waals surface area contributed by atoms with Crippen LogP contribution in [-0.2, 0) is 4.74 Å². The zero-order chi connectivity index (χ0) is 19.4. The van der Waals surface area contributed by atoms with E-state index < -0.39 is 10.9 Å². The third-order valence-electron chi connectivity index (χ3n) is 4.14. The minimum atomic E-state index is -0.603. The van der Waals surface area contributed by atoms with Crippen LogP contribution in [0.4, 0.5) is 11.4 Å². The number of para-hydroxylation sites is 2. The van der Waals surface area contributed by atoms with Crippen LogP contribution >= 0.6 is 0 Å². The quantitative estimate of drug-likeness (QED) is 0.437. The minimum absolute atomic E-state index is 0.144. The second-order valence-electron chi connectivity index (χ2n) is 6.06. The van der Waals surface area contributed by atoms with Crippen LogP contribution in [0.15, 0.2) is 42.5 Å². The summed E-state index contributed by atoms with van der Waals surface area (Å²) in [4.78, 5) is 24.6. The minimum Gasteiger partial charge on any atom is -0.486 e. The maximum absolute atomic E-state index is 12.3. The van der Waals surface area contributed by atoms with Crippen LogP contribution < -0.4 is 14.4 Å². The Labute approximate surface area is 156 Å². The highest BCUT2D eigenvalue weighted by Crippen LogP contribution is 2.32. The molecule has 27 heavy (non-hydrogen) atoms. The van der Waals surface area contributed by atoms with Crippen LogP contribution in [0, 0.1) is 10.1 Å². The topological polar surface area (TPSA) is 91.1 Å². The van der Waals surface area contributed by atoms with Crippen molar-refractivity contribution < 1.29 is 23.9 Å². The highest BCUT2D eigenvalue weighted by atomic mass is 16.6. The van der Waals surface area contributed by atoms with Crippen LogP contribution in [0.1, 0.15) is 17.3 Å². The maximum Gasteiger partial charge on any atom is 0.340 e. The molecule has 1 aliphatic heterocycles. The van der Waals surface area contributed by atoms with Crippen molar-refractivity contribution in [3.63, 3.8) is 0 Å². The van der Waals surface area contributed by atoms with Gasteiger partial charge < -0.3 is 19.1 Å². The molecule has 0 aliphatic carbocycles. The second kappa shape index (κ2) is 7.94. The average molecular weight is 372 g/mol. The summed E-state index contributed by atoms with van der Waals surface area (Å²) in [6, 6.07) is 11.5. The summed E-state index contributed by atoms with van der Waals surface area (Å²) in [5, 5.41) is 11.1. The zero-order valence-electron chi connectivity index (χ0n) is 15.1. The van der Waals surface area contributed by atoms with Crippen LogP contribution in [0.25, 0.3) is 0 Å². The van der Waals surface area contributed by atoms with Crippen molar-refractivity contribution in [1.82, 2.24) is 0 Å². The normalized spacial score (nSPS) is 15.1. The number of carbonyl (C=O) groups excluding carboxylic acids is 1. The van der Waals surface area contributed by atoms with Gasteiger partial charge in [-0.1, -0.05) is 12.1 Å². The summed E-state index contributed by atoms with van der Waals surface area (Å²) in [6.45, 7) is 2.66. The van der Waals surface area contributed by atoms with Gasteiger partial charge >= 0.3 is 5.97 Å². The summed E-state index contributed by atoms with van der Waals surface area (Å²) < 4.78 is 16.7. The van der Waals surface area contributed by atoms with E-state index in [4.69, 9.17) is 14.2 Å². The standard InChI is InChI=1S/C19H20N2O6/c1-3-25-19(22)15-10-13(21(23)24)8-9-16(15)20(2)11-14-12-26-17-6-4-5-7-18(17)27-14/h4-10,14H,3,11-12H2,1-2H3. The van der Waals surface area contributed by atoms with E-state index in [1.54, 1.807) is 24.9 Å². The number of benzene rings is 2. The van der Waals surface area contributed by atoms with E-state index in [2.05, 4.69) is 0 Å². The molecular weight excluding hydrogens is 352 g/mol. The molecule has 0 aromatic heterocycles. The van der Waals surface area contributed by atoms with Crippen molar-refractivity contribution in [3.05, 3.63) is 58.1 Å². The fourth-order valence-corrected chi connectivity index (χ4v) is 2.90. The van der Waals surface area contributed by atoms with Gasteiger partial charge in [0.25, 0.3) is 5.69 Å². The largest absolute Gasteiger partial charge is 0.486 e. The molecule has 3 rings (SSSR count). The molecule has 8 nitrogen and oxygen atoms in total. The van der Waals surface area contributed by atoms with E-state index in [1.165, 1.54) is 12.1 Å². The number of nitro groups is 1. The average Bonchev–Trinajstić information content (AvgIpc) is 2.67. The van der Waals surface area contributed by atoms with Crippen molar-refractivity contribution in [3.8, 4) is 11.5 Å². The molecule has 0 amide bonds. The lowest BCUT2D eigenvalue weighted by Gasteiger charge is -2.31. The van der Waals surface area contributed by atoms with Crippen molar-refractivity contribution in [2.45, 2.75) is 13.0 Å². The van der Waals surface area contributed by atoms with Gasteiger partial charge in [0.2, 0.25) is 0 Å². The Morgan fingerprint density at radius 1 is 1.30 bits per heavy atom. The first-order valence-electron chi connectivity index (χ1n) is 8.54. The van der Waals surface area contributed by atoms with E-state index in [1.807, 2.05) is 24.3 Å². The number of anilines is 1. The molecule has 0 saturated carbocycles. The third kappa shape index (κ3) is 4.11. The van der Waals surface area contributed by atoms with Gasteiger partial charge in [-0.2, -0.15) is 0 Å². The summed E-state index contributed by atoms with van der Waals surface area (Å²) in [5.74, 6) is 0.754. The van der Waals surface area contributed by atoms with Crippen molar-refractivity contribution in [2.24, 2.45) is 0 Å². The predicted octanol–water partition coefficient (Wildman–Crippen LogP) is 3.05. The first-order valence-corrected chi connectivity index (χ1v) is 8.54. The number of nitro benzene ring substituents is 1. The van der Waals surface area contributed by atoms with E-state index in [9.17, 15) is 14.9 Å². The van der Waals surface area contributed by atoms with E-state index >= 15 is 0 Å². The number of likely N-dealkylation sites (N-methyl/N-ethyl adjacent to an activating group) is 1. The molecule has 1 atom stereocenters. The number of esters is 1. The Balaban J connectivity index is 1.80. The van der Waals surface area contributed by atoms with Gasteiger partial charge in [0.15, 0.2) is 17.6 Å². The number of carbonyl (C=O) groups is 1. The Hall–Kier alpha value is -3.29. The number of hydrogen-bond donors (Lipinski definition) is 0. The Morgan fingerprint density at radius 3 is 2.74 bits per heavy atom. The molecule has 1 unspecified atom stereocenters. The number of fused-ring (bicyclic) bond motifs is 1. The van der Waals surface area contributed by atoms with Gasteiger partial charge in [-0.05, 0) is 25.1 Å². The zero-order valence-corrected chi connectivity index (χ0v) is 15.1. The first kappa shape index (κ1) is 18.5. The molecule has 1 aliphatic rings. The third-order valence-corrected chi connectivity index (χ3v) is 4.14. The predicted molar refractivity (Wildman–Crippen MR) is 98.7 cm³/mol. The number of ether oxygens (including phenoxy) is 3. The molecule has 2 aromatic rings. The van der Waals surface area contributed by atoms with Gasteiger partial charge in [0.1, 0.15) is 6.61 Å². The summed E-state index contributed by atoms with van der Waals surface area (Å²) in [5.41, 5.74) is 0.508. The number of rotatable bonds is 6. The summed E-state index contributed by atoms with van der Waals surface area (Å²) in [7, 11) is 1.79. The molecule has 1 heterocycles. The lowest BCUT2D eigenvalue weighted by molar-refractivity contribution is -0.384. The van der Waals surface area contributed by atoms with Crippen molar-refractivity contribution in [2.75, 3.05) is 31.7 Å². The van der Waals surface area contributed by atoms with Crippen molar-refractivity contribution >= 4 is 17.3 Å². The fourth-order valence-electron chi connectivity index (χ4n) is 2.90. The molecule has 0 fully saturated rings. The highest BCUT2D eigenvalue weighted by molar-refractivity contribution is 5.96. The van der Waals surface area contributed by atoms with Crippen molar-refractivity contribution in [1.29, 1.82) is 0 Å². The van der Waals surface area contributed by atoms with Crippen LogP contribution in [0.5, 0.6) is 11.5 Å². The fraction of sp³-hybridized carbons (Fsp3) is 0.316. The number of nitrogens with zero attached hydrogens (tertiary/aromatic N) is 2. The van der Waals surface area contributed by atoms with E-state index in [0.29, 0.717) is 30.3 Å². The monoisotopic (exact) mass is 372 g/mol. The highest BCUT2D eigenvalue weighted by Gasteiger charge is 2.25. The number of hydrogen-bond acceptors (Lipinski definition) is 7. The SMILES string of the molecule is CCOC(=O)c1cc([N+](=O)[O-])ccc1N(C)CC1COc2ccccc2O1. The van der Waals surface area contributed by atoms with E-state index in [-0.39, 0.29) is 24.0 Å². The van der Waals surface area contributed by atoms with Gasteiger partial charge in [-0.3, -0.25) is 10.1 Å². The molecule has 0 bridgehead atoms. The molecule has 0 N–H and O–H groups in total. The lowest BCUT2D eigenvalue weighted by Crippen LogP contribution is -2.40. The Kier molecular flexibility index (Phi) is 5.44. The Bertz CT molecular complexity index is 854. The first-order chi connectivity index (χ1) is 13.0. The van der Waals surface area contributed by atoms with Gasteiger partial charge in [-0.15, -0.1) is 0 Å². The second-order valence-corrected chi connectivity index (χ2v) is 6.06. The maximum atomic E-state index is 12.3. The molecule has 0 saturated heterocycles.